The van der Waals surface area contributed by atoms with Crippen LogP contribution >= 0.6 is 0 Å². The third-order valence-electron chi connectivity index (χ3n) is 3.62. The van der Waals surface area contributed by atoms with Crippen LogP contribution in [-0.2, 0) is 30.4 Å². The molecule has 0 radical (unpaired) electrons. The zero-order chi connectivity index (χ0) is 22.0. The Bertz CT molecular complexity index is 737. The van der Waals surface area contributed by atoms with Crippen LogP contribution in [0.4, 0.5) is 0 Å². The number of nitrogens with one attached hydrogen (secondary N) is 4. The second kappa shape index (κ2) is 11.4. The molecule has 1 aromatic rings. The number of aliphatic hydroxyl groups is 1. The lowest BCUT2D eigenvalue weighted by Gasteiger charge is -2.22. The number of nitrogens with two attached hydrogens (primary N) is 1. The molecule has 160 valence electrons. The maximum atomic E-state index is 12.4. The predicted molar refractivity (Wildman–Crippen MR) is 94.1 cm³/mol. The highest BCUT2D eigenvalue weighted by molar-refractivity contribution is 5.95. The first kappa shape index (κ1) is 23.5. The van der Waals surface area contributed by atoms with Crippen LogP contribution in [0.2, 0.25) is 0 Å². The number of carbonyl (C=O) groups is 5. The van der Waals surface area contributed by atoms with Crippen molar-refractivity contribution in [2.45, 2.75) is 31.0 Å². The molecule has 3 unspecified atom stereocenters. The van der Waals surface area contributed by atoms with Crippen LogP contribution in [0.5, 0.6) is 0 Å². The first-order valence-corrected chi connectivity index (χ1v) is 8.30. The number of hydrogen-bond acceptors (Lipinski definition) is 8. The fourth-order valence-corrected chi connectivity index (χ4v) is 2.19. The molecule has 0 spiro atoms. The van der Waals surface area contributed by atoms with Crippen LogP contribution in [-0.4, -0.2) is 86.2 Å². The van der Waals surface area contributed by atoms with Gasteiger partial charge in [0.15, 0.2) is 0 Å². The molecule has 0 bridgehead atoms. The van der Waals surface area contributed by atoms with Crippen molar-refractivity contribution in [1.82, 2.24) is 25.9 Å². The Hall–Kier alpha value is -3.52. The summed E-state index contributed by atoms with van der Waals surface area (Å²) in [6.45, 7) is -1.30. The molecule has 1 aromatic heterocycles. The van der Waals surface area contributed by atoms with E-state index < -0.39 is 67.4 Å². The number of nitrogens with zero attached hydrogens (tertiary/aromatic N) is 1. The number of H-pyrrole nitrogens is 1. The average molecular weight is 414 g/mol. The van der Waals surface area contributed by atoms with Gasteiger partial charge in [-0.25, -0.2) is 9.78 Å². The number of imidazole rings is 1. The number of aromatic nitrogens is 2. The Kier molecular flexibility index (Phi) is 9.21. The third kappa shape index (κ3) is 7.94. The Morgan fingerprint density at radius 1 is 1.03 bits per heavy atom. The average Bonchev–Trinajstić information content (AvgIpc) is 3.17. The standard InChI is InChI=1S/C15H22N6O8/c16-3-11(23)19-10(5-22)14(27)20-8(2-12(24)25)13(26)21-9(15(28)29)1-7-4-17-6-18-7/h4,6,8-10,22H,1-3,5,16H2,(H,17,18)(H,19,23)(H,20,27)(H,21,26)(H,24,25)(H,28,29). The molecule has 0 aliphatic rings. The van der Waals surface area contributed by atoms with Crippen LogP contribution in [0.15, 0.2) is 12.5 Å². The Morgan fingerprint density at radius 3 is 2.14 bits per heavy atom. The fraction of sp³-hybridized carbons (Fsp3) is 0.467. The highest BCUT2D eigenvalue weighted by Crippen LogP contribution is 2.02. The van der Waals surface area contributed by atoms with E-state index >= 15 is 0 Å². The highest BCUT2D eigenvalue weighted by Gasteiger charge is 2.31. The minimum atomic E-state index is -1.66. The Morgan fingerprint density at radius 2 is 1.66 bits per heavy atom. The van der Waals surface area contributed by atoms with Crippen LogP contribution in [0, 0.1) is 0 Å². The molecule has 29 heavy (non-hydrogen) atoms. The number of aromatic amines is 1. The first-order valence-electron chi connectivity index (χ1n) is 8.30. The van der Waals surface area contributed by atoms with Gasteiger partial charge in [-0.3, -0.25) is 19.2 Å². The number of carboxylic acids is 2. The normalized spacial score (nSPS) is 13.6. The van der Waals surface area contributed by atoms with Crippen molar-refractivity contribution < 1.29 is 39.3 Å². The summed E-state index contributed by atoms with van der Waals surface area (Å²) in [5.41, 5.74) is 5.50. The molecule has 1 heterocycles. The van der Waals surface area contributed by atoms with Crippen molar-refractivity contribution in [1.29, 1.82) is 0 Å². The van der Waals surface area contributed by atoms with Gasteiger partial charge in [0.05, 0.1) is 25.9 Å². The van der Waals surface area contributed by atoms with Gasteiger partial charge < -0.3 is 42.0 Å². The summed E-state index contributed by atoms with van der Waals surface area (Å²) >= 11 is 0. The van der Waals surface area contributed by atoms with Gasteiger partial charge in [-0.1, -0.05) is 0 Å². The molecule has 0 fully saturated rings. The molecule has 14 nitrogen and oxygen atoms in total. The van der Waals surface area contributed by atoms with E-state index in [1.165, 1.54) is 12.5 Å². The number of carboxylic acid groups (broad SMARTS) is 2. The van der Waals surface area contributed by atoms with Crippen molar-refractivity contribution in [3.8, 4) is 0 Å². The summed E-state index contributed by atoms with van der Waals surface area (Å²) < 4.78 is 0. The topological polar surface area (TPSA) is 237 Å². The lowest BCUT2D eigenvalue weighted by molar-refractivity contribution is -0.143. The van der Waals surface area contributed by atoms with Crippen LogP contribution in [0.25, 0.3) is 0 Å². The van der Waals surface area contributed by atoms with E-state index in [-0.39, 0.29) is 6.42 Å². The quantitative estimate of drug-likeness (QED) is 0.164. The van der Waals surface area contributed by atoms with Gasteiger partial charge in [-0.05, 0) is 0 Å². The maximum absolute atomic E-state index is 12.4. The van der Waals surface area contributed by atoms with Gasteiger partial charge in [0.2, 0.25) is 17.7 Å². The molecular weight excluding hydrogens is 392 g/mol. The number of aliphatic hydroxyl groups excluding tert-OH is 1. The largest absolute Gasteiger partial charge is 0.481 e. The molecule has 0 saturated carbocycles. The fourth-order valence-electron chi connectivity index (χ4n) is 2.19. The van der Waals surface area contributed by atoms with Gasteiger partial charge in [0.25, 0.3) is 0 Å². The Labute approximate surface area is 163 Å². The number of aliphatic carboxylic acids is 2. The van der Waals surface area contributed by atoms with Gasteiger partial charge in [0, 0.05) is 18.3 Å². The Balaban J connectivity index is 2.87. The number of amides is 3. The first-order chi connectivity index (χ1) is 13.7. The van der Waals surface area contributed by atoms with E-state index in [9.17, 15) is 34.2 Å². The van der Waals surface area contributed by atoms with Gasteiger partial charge in [-0.2, -0.15) is 0 Å². The number of rotatable bonds is 12. The number of hydrogen-bond donors (Lipinski definition) is 8. The molecule has 9 N–H and O–H groups in total. The van der Waals surface area contributed by atoms with E-state index in [2.05, 4.69) is 25.9 Å². The lowest BCUT2D eigenvalue weighted by Crippen LogP contribution is -2.57. The zero-order valence-electron chi connectivity index (χ0n) is 15.1. The highest BCUT2D eigenvalue weighted by atomic mass is 16.4. The lowest BCUT2D eigenvalue weighted by atomic mass is 10.1. The second-order valence-electron chi connectivity index (χ2n) is 5.85. The molecule has 3 atom stereocenters. The minimum Gasteiger partial charge on any atom is -0.481 e. The molecular formula is C15H22N6O8. The number of carbonyl (C=O) groups excluding carboxylic acids is 3. The predicted octanol–water partition coefficient (Wildman–Crippen LogP) is -4.08. The van der Waals surface area contributed by atoms with Gasteiger partial charge in [-0.15, -0.1) is 0 Å². The molecule has 0 aliphatic carbocycles. The molecule has 3 amide bonds. The summed E-state index contributed by atoms with van der Waals surface area (Å²) in [4.78, 5) is 64.7. The van der Waals surface area contributed by atoms with Crippen molar-refractivity contribution in [3.63, 3.8) is 0 Å². The van der Waals surface area contributed by atoms with E-state index in [4.69, 9.17) is 10.8 Å². The monoisotopic (exact) mass is 414 g/mol. The van der Waals surface area contributed by atoms with Crippen LogP contribution < -0.4 is 21.7 Å². The minimum absolute atomic E-state index is 0.166. The maximum Gasteiger partial charge on any atom is 0.326 e. The molecule has 14 heteroatoms. The summed E-state index contributed by atoms with van der Waals surface area (Å²) in [7, 11) is 0. The van der Waals surface area contributed by atoms with Gasteiger partial charge in [0.1, 0.15) is 18.1 Å². The van der Waals surface area contributed by atoms with Gasteiger partial charge >= 0.3 is 11.9 Å². The van der Waals surface area contributed by atoms with Crippen molar-refractivity contribution >= 4 is 29.7 Å². The van der Waals surface area contributed by atoms with Crippen molar-refractivity contribution in [3.05, 3.63) is 18.2 Å². The molecule has 0 saturated heterocycles. The summed E-state index contributed by atoms with van der Waals surface area (Å²) in [6.07, 6.45) is 1.64. The smallest absolute Gasteiger partial charge is 0.326 e. The van der Waals surface area contributed by atoms with E-state index in [0.29, 0.717) is 5.69 Å². The molecule has 1 rings (SSSR count). The molecule has 0 aromatic carbocycles. The third-order valence-corrected chi connectivity index (χ3v) is 3.62. The summed E-state index contributed by atoms with van der Waals surface area (Å²) in [5.74, 6) is -5.72. The van der Waals surface area contributed by atoms with Crippen molar-refractivity contribution in [2.24, 2.45) is 5.73 Å². The van der Waals surface area contributed by atoms with Crippen LogP contribution in [0.3, 0.4) is 0 Å². The van der Waals surface area contributed by atoms with E-state index in [1.54, 1.807) is 0 Å². The van der Waals surface area contributed by atoms with E-state index in [0.717, 1.165) is 0 Å². The SMILES string of the molecule is NCC(=O)NC(CO)C(=O)NC(CC(=O)O)C(=O)NC(Cc1cnc[nH]1)C(=O)O. The van der Waals surface area contributed by atoms with Crippen LogP contribution in [0.1, 0.15) is 12.1 Å². The second-order valence-corrected chi connectivity index (χ2v) is 5.85. The van der Waals surface area contributed by atoms with Crippen molar-refractivity contribution in [2.75, 3.05) is 13.2 Å². The zero-order valence-corrected chi connectivity index (χ0v) is 15.1. The summed E-state index contributed by atoms with van der Waals surface area (Å²) in [6, 6.07) is -4.57. The summed E-state index contributed by atoms with van der Waals surface area (Å²) in [5, 5.41) is 33.8. The van der Waals surface area contributed by atoms with E-state index in [1.807, 2.05) is 0 Å². The molecule has 0 aliphatic heterocycles.